The van der Waals surface area contributed by atoms with Crippen LogP contribution in [0.4, 0.5) is 4.39 Å². The molecule has 0 unspecified atom stereocenters. The Kier molecular flexibility index (Phi) is 5.95. The van der Waals surface area contributed by atoms with Crippen LogP contribution in [0, 0.1) is 5.82 Å². The molecular formula is C13H14BrFO4. The zero-order valence-electron chi connectivity index (χ0n) is 10.6. The Morgan fingerprint density at radius 3 is 2.21 bits per heavy atom. The smallest absolute Gasteiger partial charge is 0.324 e. The molecule has 0 saturated carbocycles. The predicted octanol–water partition coefficient (Wildman–Crippen LogP) is 2.80. The largest absolute Gasteiger partial charge is 0.465 e. The second-order valence-corrected chi connectivity index (χ2v) is 4.52. The van der Waals surface area contributed by atoms with Crippen molar-refractivity contribution in [3.8, 4) is 0 Å². The van der Waals surface area contributed by atoms with Crippen molar-refractivity contribution in [3.05, 3.63) is 34.1 Å². The Hall–Kier alpha value is -1.43. The third kappa shape index (κ3) is 4.02. The number of hydrogen-bond acceptors (Lipinski definition) is 4. The number of esters is 2. The minimum Gasteiger partial charge on any atom is -0.465 e. The molecule has 1 aromatic carbocycles. The molecule has 1 aromatic rings. The van der Waals surface area contributed by atoms with Crippen molar-refractivity contribution >= 4 is 27.9 Å². The van der Waals surface area contributed by atoms with Gasteiger partial charge in [-0.15, -0.1) is 0 Å². The van der Waals surface area contributed by atoms with Gasteiger partial charge in [0.15, 0.2) is 5.92 Å². The Bertz CT molecular complexity index is 458. The maximum Gasteiger partial charge on any atom is 0.324 e. The van der Waals surface area contributed by atoms with Gasteiger partial charge < -0.3 is 9.47 Å². The van der Waals surface area contributed by atoms with Gasteiger partial charge in [0, 0.05) is 10.0 Å². The molecule has 0 bridgehead atoms. The molecule has 0 atom stereocenters. The first kappa shape index (κ1) is 15.6. The van der Waals surface area contributed by atoms with Crippen molar-refractivity contribution < 1.29 is 23.5 Å². The molecule has 0 fully saturated rings. The third-order valence-corrected chi connectivity index (χ3v) is 2.81. The van der Waals surface area contributed by atoms with E-state index < -0.39 is 23.7 Å². The molecule has 19 heavy (non-hydrogen) atoms. The van der Waals surface area contributed by atoms with Crippen LogP contribution in [0.3, 0.4) is 0 Å². The van der Waals surface area contributed by atoms with Crippen LogP contribution >= 0.6 is 15.9 Å². The van der Waals surface area contributed by atoms with E-state index in [0.717, 1.165) is 0 Å². The fraction of sp³-hybridized carbons (Fsp3) is 0.385. The van der Waals surface area contributed by atoms with Crippen molar-refractivity contribution in [1.29, 1.82) is 0 Å². The molecule has 4 nitrogen and oxygen atoms in total. The van der Waals surface area contributed by atoms with Crippen LogP contribution in [0.15, 0.2) is 22.7 Å². The van der Waals surface area contributed by atoms with Crippen molar-refractivity contribution in [2.24, 2.45) is 0 Å². The van der Waals surface area contributed by atoms with Crippen LogP contribution in [-0.2, 0) is 19.1 Å². The van der Waals surface area contributed by atoms with Crippen molar-refractivity contribution in [1.82, 2.24) is 0 Å². The molecule has 1 rings (SSSR count). The molecule has 6 heteroatoms. The summed E-state index contributed by atoms with van der Waals surface area (Å²) in [4.78, 5) is 23.6. The Morgan fingerprint density at radius 2 is 1.74 bits per heavy atom. The van der Waals surface area contributed by atoms with Crippen LogP contribution < -0.4 is 0 Å². The lowest BCUT2D eigenvalue weighted by molar-refractivity contribution is -0.157. The van der Waals surface area contributed by atoms with Gasteiger partial charge >= 0.3 is 11.9 Å². The highest BCUT2D eigenvalue weighted by atomic mass is 79.9. The van der Waals surface area contributed by atoms with Crippen LogP contribution in [0.25, 0.3) is 0 Å². The number of carbonyl (C=O) groups excluding carboxylic acids is 2. The van der Waals surface area contributed by atoms with E-state index in [9.17, 15) is 14.0 Å². The van der Waals surface area contributed by atoms with Crippen LogP contribution in [-0.4, -0.2) is 25.2 Å². The first-order valence-corrected chi connectivity index (χ1v) is 6.58. The lowest BCUT2D eigenvalue weighted by Crippen LogP contribution is -2.27. The molecule has 0 aliphatic carbocycles. The van der Waals surface area contributed by atoms with E-state index in [-0.39, 0.29) is 18.8 Å². The molecule has 0 spiro atoms. The van der Waals surface area contributed by atoms with Gasteiger partial charge in [0.05, 0.1) is 13.2 Å². The van der Waals surface area contributed by atoms with E-state index in [2.05, 4.69) is 15.9 Å². The molecule has 0 amide bonds. The standard InChI is InChI=1S/C13H14BrFO4/c1-3-18-12(16)11(13(17)19-4-2)9-7-8(14)5-6-10(9)15/h5-7,11H,3-4H2,1-2H3. The second-order valence-electron chi connectivity index (χ2n) is 3.60. The van der Waals surface area contributed by atoms with Crippen molar-refractivity contribution in [3.63, 3.8) is 0 Å². The number of ether oxygens (including phenoxy) is 2. The zero-order chi connectivity index (χ0) is 14.4. The zero-order valence-corrected chi connectivity index (χ0v) is 12.2. The monoisotopic (exact) mass is 332 g/mol. The molecule has 0 saturated heterocycles. The lowest BCUT2D eigenvalue weighted by atomic mass is 9.99. The summed E-state index contributed by atoms with van der Waals surface area (Å²) >= 11 is 3.17. The summed E-state index contributed by atoms with van der Waals surface area (Å²) in [5, 5.41) is 0. The summed E-state index contributed by atoms with van der Waals surface area (Å²) in [6.45, 7) is 3.42. The minimum absolute atomic E-state index is 0.0636. The van der Waals surface area contributed by atoms with E-state index in [0.29, 0.717) is 4.47 Å². The fourth-order valence-corrected chi connectivity index (χ4v) is 1.92. The Balaban J connectivity index is 3.18. The summed E-state index contributed by atoms with van der Waals surface area (Å²) in [5.41, 5.74) is -0.0636. The number of rotatable bonds is 5. The van der Waals surface area contributed by atoms with Crippen LogP contribution in [0.1, 0.15) is 25.3 Å². The van der Waals surface area contributed by atoms with Crippen LogP contribution in [0.2, 0.25) is 0 Å². The van der Waals surface area contributed by atoms with E-state index in [1.54, 1.807) is 13.8 Å². The first-order chi connectivity index (χ1) is 9.01. The Labute approximate surface area is 119 Å². The van der Waals surface area contributed by atoms with Crippen molar-refractivity contribution in [2.45, 2.75) is 19.8 Å². The molecule has 0 aliphatic rings. The normalized spacial score (nSPS) is 10.4. The van der Waals surface area contributed by atoms with Gasteiger partial charge in [-0.2, -0.15) is 0 Å². The fourth-order valence-electron chi connectivity index (χ4n) is 1.54. The average molecular weight is 333 g/mol. The van der Waals surface area contributed by atoms with Gasteiger partial charge in [-0.1, -0.05) is 15.9 Å². The van der Waals surface area contributed by atoms with Crippen molar-refractivity contribution in [2.75, 3.05) is 13.2 Å². The second kappa shape index (κ2) is 7.23. The molecule has 0 heterocycles. The van der Waals surface area contributed by atoms with Gasteiger partial charge in [0.2, 0.25) is 0 Å². The van der Waals surface area contributed by atoms with E-state index in [1.165, 1.54) is 18.2 Å². The summed E-state index contributed by atoms with van der Waals surface area (Å²) in [5.74, 6) is -3.71. The molecular weight excluding hydrogens is 319 g/mol. The van der Waals surface area contributed by atoms with E-state index in [4.69, 9.17) is 9.47 Å². The number of carbonyl (C=O) groups is 2. The maximum atomic E-state index is 13.8. The molecule has 104 valence electrons. The van der Waals surface area contributed by atoms with Gasteiger partial charge in [-0.25, -0.2) is 4.39 Å². The third-order valence-electron chi connectivity index (χ3n) is 2.31. The summed E-state index contributed by atoms with van der Waals surface area (Å²) in [6.07, 6.45) is 0. The summed E-state index contributed by atoms with van der Waals surface area (Å²) in [6, 6.07) is 4.02. The lowest BCUT2D eigenvalue weighted by Gasteiger charge is -2.15. The van der Waals surface area contributed by atoms with Gasteiger partial charge in [-0.3, -0.25) is 9.59 Å². The highest BCUT2D eigenvalue weighted by molar-refractivity contribution is 9.10. The summed E-state index contributed by atoms with van der Waals surface area (Å²) < 4.78 is 23.9. The maximum absolute atomic E-state index is 13.8. The highest BCUT2D eigenvalue weighted by Gasteiger charge is 2.33. The van der Waals surface area contributed by atoms with Crippen LogP contribution in [0.5, 0.6) is 0 Å². The van der Waals surface area contributed by atoms with E-state index >= 15 is 0 Å². The Morgan fingerprint density at radius 1 is 1.21 bits per heavy atom. The topological polar surface area (TPSA) is 52.6 Å². The van der Waals surface area contributed by atoms with Gasteiger partial charge in [0.1, 0.15) is 5.82 Å². The summed E-state index contributed by atoms with van der Waals surface area (Å²) in [7, 11) is 0. The highest BCUT2D eigenvalue weighted by Crippen LogP contribution is 2.25. The molecule has 0 N–H and O–H groups in total. The number of halogens is 2. The quantitative estimate of drug-likeness (QED) is 0.614. The first-order valence-electron chi connectivity index (χ1n) is 5.79. The molecule has 0 aliphatic heterocycles. The minimum atomic E-state index is -1.41. The average Bonchev–Trinajstić information content (AvgIpc) is 2.34. The van der Waals surface area contributed by atoms with Gasteiger partial charge in [-0.05, 0) is 32.0 Å². The van der Waals surface area contributed by atoms with Gasteiger partial charge in [0.25, 0.3) is 0 Å². The predicted molar refractivity (Wildman–Crippen MR) is 70.1 cm³/mol. The molecule has 0 aromatic heterocycles. The number of hydrogen-bond donors (Lipinski definition) is 0. The van der Waals surface area contributed by atoms with E-state index in [1.807, 2.05) is 0 Å². The SMILES string of the molecule is CCOC(=O)C(C(=O)OCC)c1cc(Br)ccc1F. The number of benzene rings is 1. The molecule has 0 radical (unpaired) electrons.